The van der Waals surface area contributed by atoms with Crippen molar-refractivity contribution in [3.05, 3.63) is 42.1 Å². The van der Waals surface area contributed by atoms with Crippen molar-refractivity contribution in [3.63, 3.8) is 0 Å². The molecule has 0 amide bonds. The SMILES string of the molecule is O=[N+]([O-])C(Cc1nnc(C(SF)(SF)C(SF)(SF)SF)o1)C([N+](=O)[O-])[N+](=O)[O-]. The Labute approximate surface area is 177 Å². The minimum atomic E-state index is -3.21. The van der Waals surface area contributed by atoms with Gasteiger partial charge < -0.3 is 4.42 Å². The summed E-state index contributed by atoms with van der Waals surface area (Å²) in [6, 6.07) is -2.55. The molecule has 22 heteroatoms. The van der Waals surface area contributed by atoms with E-state index in [4.69, 9.17) is 4.42 Å². The highest BCUT2D eigenvalue weighted by molar-refractivity contribution is 8.32. The van der Waals surface area contributed by atoms with E-state index in [1.54, 1.807) is 0 Å². The Morgan fingerprint density at radius 3 is 1.69 bits per heavy atom. The molecule has 0 bridgehead atoms. The molecule has 0 N–H and O–H groups in total. The van der Waals surface area contributed by atoms with Gasteiger partial charge >= 0.3 is 12.2 Å². The maximum Gasteiger partial charge on any atom is 0.515 e. The van der Waals surface area contributed by atoms with Gasteiger partial charge in [0.15, 0.2) is 0 Å². The van der Waals surface area contributed by atoms with Crippen molar-refractivity contribution in [1.29, 1.82) is 0 Å². The van der Waals surface area contributed by atoms with Crippen molar-refractivity contribution in [2.24, 2.45) is 0 Å². The van der Waals surface area contributed by atoms with Crippen LogP contribution in [0.25, 0.3) is 0 Å². The number of hydrogen-bond acceptors (Lipinski definition) is 14. The van der Waals surface area contributed by atoms with Crippen LogP contribution in [0.4, 0.5) is 19.4 Å². The van der Waals surface area contributed by atoms with E-state index in [-0.39, 0.29) is 0 Å². The van der Waals surface area contributed by atoms with E-state index in [0.29, 0.717) is 0 Å². The lowest BCUT2D eigenvalue weighted by molar-refractivity contribution is -0.782. The van der Waals surface area contributed by atoms with Gasteiger partial charge in [0.25, 0.3) is 5.89 Å². The Morgan fingerprint density at radius 1 is 0.862 bits per heavy atom. The molecule has 12 nitrogen and oxygen atoms in total. The van der Waals surface area contributed by atoms with Gasteiger partial charge in [-0.05, 0) is 0 Å². The van der Waals surface area contributed by atoms with Crippen molar-refractivity contribution in [2.75, 3.05) is 0 Å². The van der Waals surface area contributed by atoms with Gasteiger partial charge in [-0.2, -0.15) is 19.4 Å². The Bertz CT molecular complexity index is 732. The molecule has 1 aromatic heterocycles. The van der Waals surface area contributed by atoms with Gasteiger partial charge in [-0.3, -0.25) is 30.3 Å². The molecule has 0 aliphatic rings. The zero-order valence-corrected chi connectivity index (χ0v) is 17.0. The fraction of sp³-hybridized carbons (Fsp3) is 0.714. The van der Waals surface area contributed by atoms with Gasteiger partial charge in [0.2, 0.25) is 13.4 Å². The number of halogens is 5. The maximum atomic E-state index is 13.5. The third kappa shape index (κ3) is 4.91. The normalized spacial score (nSPS) is 13.4. The number of hydrogen-bond donors (Lipinski definition) is 0. The van der Waals surface area contributed by atoms with E-state index in [1.807, 2.05) is 0 Å². The van der Waals surface area contributed by atoms with Gasteiger partial charge in [-0.1, -0.05) is 0 Å². The predicted molar refractivity (Wildman–Crippen MR) is 94.5 cm³/mol. The minimum absolute atomic E-state index is 0.964. The van der Waals surface area contributed by atoms with Crippen LogP contribution >= 0.6 is 60.7 Å². The van der Waals surface area contributed by atoms with Crippen LogP contribution < -0.4 is 0 Å². The van der Waals surface area contributed by atoms with Gasteiger partial charge in [0, 0.05) is 4.92 Å². The molecule has 0 aliphatic carbocycles. The standard InChI is InChI=1S/C7H4F5N5O7S5/c8-25-6(26-9,7(27-10,28-11)29-12)5-14-13-3(24-5)1-2(15(18)19)4(16(20)21)17(22)23/h2,4H,1H2. The molecule has 1 atom stereocenters. The first-order valence-electron chi connectivity index (χ1n) is 6.31. The quantitative estimate of drug-likeness (QED) is 0.156. The molecule has 164 valence electrons. The molecule has 0 radical (unpaired) electrons. The maximum absolute atomic E-state index is 13.5. The van der Waals surface area contributed by atoms with Crippen LogP contribution in [0.15, 0.2) is 4.42 Å². The molecular formula is C7H4F5N5O7S5. The van der Waals surface area contributed by atoms with Crippen LogP contribution in [0.5, 0.6) is 0 Å². The molecular weight excluding hydrogens is 521 g/mol. The summed E-state index contributed by atoms with van der Waals surface area (Å²) in [5, 5.41) is 38.6. The molecule has 0 saturated heterocycles. The van der Waals surface area contributed by atoms with Crippen LogP contribution in [0, 0.1) is 30.3 Å². The number of rotatable bonds is 13. The summed E-state index contributed by atoms with van der Waals surface area (Å²) < 4.78 is 64.8. The Kier molecular flexibility index (Phi) is 9.49. The number of nitrogens with zero attached hydrogens (tertiary/aromatic N) is 5. The van der Waals surface area contributed by atoms with Gasteiger partial charge in [0.05, 0.1) is 60.7 Å². The smallest absolute Gasteiger partial charge is 0.422 e. The highest BCUT2D eigenvalue weighted by Gasteiger charge is 2.65. The molecule has 0 saturated carbocycles. The van der Waals surface area contributed by atoms with Crippen LogP contribution in [0.2, 0.25) is 0 Å². The molecule has 29 heavy (non-hydrogen) atoms. The third-order valence-electron chi connectivity index (χ3n) is 3.10. The number of aromatic nitrogens is 2. The molecule has 0 aliphatic heterocycles. The average Bonchev–Trinajstić information content (AvgIpc) is 3.14. The zero-order valence-electron chi connectivity index (χ0n) is 12.9. The second kappa shape index (κ2) is 10.7. The molecule has 0 fully saturated rings. The summed E-state index contributed by atoms with van der Waals surface area (Å²) in [5.74, 6) is -2.25. The monoisotopic (exact) mass is 525 g/mol. The van der Waals surface area contributed by atoms with E-state index in [0.717, 1.165) is 0 Å². The van der Waals surface area contributed by atoms with E-state index in [1.165, 1.54) is 0 Å². The van der Waals surface area contributed by atoms with Crippen LogP contribution in [-0.2, 0) is 10.5 Å². The number of nitro groups is 3. The molecule has 1 aromatic rings. The summed E-state index contributed by atoms with van der Waals surface area (Å²) >= 11 is -5.72. The van der Waals surface area contributed by atoms with E-state index in [9.17, 15) is 49.8 Å². The Balaban J connectivity index is 3.39. The van der Waals surface area contributed by atoms with Crippen LogP contribution in [0.3, 0.4) is 0 Å². The second-order valence-corrected chi connectivity index (χ2v) is 9.47. The van der Waals surface area contributed by atoms with E-state index >= 15 is 0 Å². The van der Waals surface area contributed by atoms with Crippen molar-refractivity contribution >= 4 is 60.7 Å². The lowest BCUT2D eigenvalue weighted by Crippen LogP contribution is -2.46. The van der Waals surface area contributed by atoms with Gasteiger partial charge in [-0.15, -0.1) is 10.2 Å². The van der Waals surface area contributed by atoms with Crippen LogP contribution in [-0.4, -0.2) is 40.6 Å². The summed E-state index contributed by atoms with van der Waals surface area (Å²) in [6.07, 6.45) is -4.20. The molecule has 1 unspecified atom stereocenters. The van der Waals surface area contributed by atoms with Crippen molar-refractivity contribution < 1.29 is 38.6 Å². The fourth-order valence-electron chi connectivity index (χ4n) is 1.79. The highest BCUT2D eigenvalue weighted by atomic mass is 32.3. The van der Waals surface area contributed by atoms with Gasteiger partial charge in [-0.25, -0.2) is 0 Å². The topological polar surface area (TPSA) is 168 Å². The first-order chi connectivity index (χ1) is 13.6. The second-order valence-electron chi connectivity index (χ2n) is 4.60. The summed E-state index contributed by atoms with van der Waals surface area (Å²) in [6.45, 7) is 0. The first-order valence-corrected chi connectivity index (χ1v) is 9.90. The molecule has 1 rings (SSSR count). The zero-order chi connectivity index (χ0) is 22.4. The third-order valence-corrected chi connectivity index (χ3v) is 8.32. The van der Waals surface area contributed by atoms with Crippen LogP contribution in [0.1, 0.15) is 11.8 Å². The lowest BCUT2D eigenvalue weighted by Gasteiger charge is -2.32. The summed E-state index contributed by atoms with van der Waals surface area (Å²) in [7, 11) is 0. The lowest BCUT2D eigenvalue weighted by atomic mass is 10.1. The first kappa shape index (κ1) is 25.8. The fourth-order valence-corrected chi connectivity index (χ4v) is 4.35. The van der Waals surface area contributed by atoms with E-state index in [2.05, 4.69) is 10.2 Å². The average molecular weight is 525 g/mol. The predicted octanol–water partition coefficient (Wildman–Crippen LogP) is 4.03. The molecule has 0 spiro atoms. The van der Waals surface area contributed by atoms with Crippen molar-refractivity contribution in [2.45, 2.75) is 26.1 Å². The van der Waals surface area contributed by atoms with E-state index < -0.39 is 113 Å². The summed E-state index contributed by atoms with van der Waals surface area (Å²) in [4.78, 5) is 27.9. The molecule has 1 heterocycles. The minimum Gasteiger partial charge on any atom is -0.422 e. The van der Waals surface area contributed by atoms with Gasteiger partial charge in [0.1, 0.15) is 16.3 Å². The summed E-state index contributed by atoms with van der Waals surface area (Å²) in [5.41, 5.74) is 0. The largest absolute Gasteiger partial charge is 0.515 e. The van der Waals surface area contributed by atoms with Crippen molar-refractivity contribution in [1.82, 2.24) is 10.2 Å². The van der Waals surface area contributed by atoms with Crippen molar-refractivity contribution in [3.8, 4) is 0 Å². The molecule has 0 aromatic carbocycles. The Hall–Kier alpha value is -1.26. The highest BCUT2D eigenvalue weighted by Crippen LogP contribution is 2.69. The Morgan fingerprint density at radius 2 is 1.34 bits per heavy atom.